The predicted octanol–water partition coefficient (Wildman–Crippen LogP) is 7.63. The van der Waals surface area contributed by atoms with Crippen LogP contribution in [0.4, 0.5) is 5.69 Å². The van der Waals surface area contributed by atoms with Crippen molar-refractivity contribution in [1.82, 2.24) is 0 Å². The summed E-state index contributed by atoms with van der Waals surface area (Å²) in [4.78, 5) is 35.7. The summed E-state index contributed by atoms with van der Waals surface area (Å²) in [6.45, 7) is 0. The van der Waals surface area contributed by atoms with Gasteiger partial charge in [-0.15, -0.1) is 11.8 Å². The second-order valence-corrected chi connectivity index (χ2v) is 10.1. The van der Waals surface area contributed by atoms with Crippen molar-refractivity contribution in [2.24, 2.45) is 0 Å². The van der Waals surface area contributed by atoms with Gasteiger partial charge in [-0.25, -0.2) is 4.79 Å². The first-order chi connectivity index (χ1) is 15.7. The number of nitro benzene ring substituents is 1. The van der Waals surface area contributed by atoms with Crippen LogP contribution in [-0.2, 0) is 5.75 Å². The summed E-state index contributed by atoms with van der Waals surface area (Å²) in [5.41, 5.74) is 1.61. The highest BCUT2D eigenvalue weighted by Gasteiger charge is 2.21. The Balaban J connectivity index is 2.04. The Morgan fingerprint density at radius 2 is 1.58 bits per heavy atom. The molecule has 0 bridgehead atoms. The molecular weight excluding hydrogens is 645 g/mol. The van der Waals surface area contributed by atoms with Gasteiger partial charge in [-0.2, -0.15) is 0 Å². The van der Waals surface area contributed by atoms with E-state index in [0.717, 1.165) is 10.0 Å². The highest BCUT2D eigenvalue weighted by molar-refractivity contribution is 14.1. The molecule has 0 spiro atoms. The van der Waals surface area contributed by atoms with E-state index in [9.17, 15) is 19.7 Å². The minimum atomic E-state index is -1.09. The SMILES string of the molecule is O=C(O)c1ccc(C(=O)C(SCc2ccc(Br)cc2)=C(I)c2ccc(Cl)c([N+](=O)[O-])c2)cc1. The Labute approximate surface area is 220 Å². The summed E-state index contributed by atoms with van der Waals surface area (Å²) in [5, 5.41) is 20.4. The molecule has 0 aliphatic rings. The molecule has 0 aliphatic carbocycles. The normalized spacial score (nSPS) is 11.6. The molecule has 0 saturated carbocycles. The number of carboxylic acid groups (broad SMARTS) is 1. The third-order valence-corrected chi connectivity index (χ3v) is 8.02. The van der Waals surface area contributed by atoms with Gasteiger partial charge in [-0.05, 0) is 64.0 Å². The summed E-state index contributed by atoms with van der Waals surface area (Å²) < 4.78 is 1.46. The van der Waals surface area contributed by atoms with Crippen LogP contribution in [0.5, 0.6) is 0 Å². The molecule has 33 heavy (non-hydrogen) atoms. The quantitative estimate of drug-likeness (QED) is 0.0879. The Bertz CT molecular complexity index is 1260. The number of halogens is 3. The summed E-state index contributed by atoms with van der Waals surface area (Å²) in [6, 6.07) is 17.7. The molecule has 0 amide bonds. The van der Waals surface area contributed by atoms with Gasteiger partial charge in [0.05, 0.1) is 15.4 Å². The number of hydrogen-bond donors (Lipinski definition) is 1. The van der Waals surface area contributed by atoms with E-state index in [1.807, 2.05) is 46.9 Å². The Kier molecular flexibility index (Phi) is 8.69. The van der Waals surface area contributed by atoms with Gasteiger partial charge in [0, 0.05) is 25.4 Å². The number of thioether (sulfide) groups is 1. The van der Waals surface area contributed by atoms with E-state index >= 15 is 0 Å². The highest BCUT2D eigenvalue weighted by Crippen LogP contribution is 2.38. The smallest absolute Gasteiger partial charge is 0.335 e. The number of benzene rings is 3. The monoisotopic (exact) mass is 657 g/mol. The molecule has 0 aliphatic heterocycles. The first-order valence-electron chi connectivity index (χ1n) is 9.26. The Morgan fingerprint density at radius 3 is 2.15 bits per heavy atom. The maximum Gasteiger partial charge on any atom is 0.335 e. The second-order valence-electron chi connectivity index (χ2n) is 6.69. The van der Waals surface area contributed by atoms with Crippen LogP contribution in [0.3, 0.4) is 0 Å². The van der Waals surface area contributed by atoms with Gasteiger partial charge >= 0.3 is 5.97 Å². The fourth-order valence-electron chi connectivity index (χ4n) is 2.78. The van der Waals surface area contributed by atoms with Gasteiger partial charge < -0.3 is 5.11 Å². The number of rotatable bonds is 8. The molecule has 0 fully saturated rings. The molecule has 3 aromatic rings. The van der Waals surface area contributed by atoms with Crippen LogP contribution in [0, 0.1) is 10.1 Å². The standard InChI is InChI=1S/C23H14BrClINO5S/c24-17-8-1-13(2-9-17)12-33-22(21(28)14-3-5-15(6-4-14)23(29)30)20(26)16-7-10-18(25)19(11-16)27(31)32/h1-11H,12H2,(H,29,30). The molecule has 6 nitrogen and oxygen atoms in total. The van der Waals surface area contributed by atoms with E-state index in [1.54, 1.807) is 6.07 Å². The first-order valence-corrected chi connectivity index (χ1v) is 12.5. The minimum Gasteiger partial charge on any atom is -0.478 e. The van der Waals surface area contributed by atoms with Gasteiger partial charge in [0.1, 0.15) is 5.02 Å². The largest absolute Gasteiger partial charge is 0.478 e. The molecule has 1 N–H and O–H groups in total. The number of hydrogen-bond acceptors (Lipinski definition) is 5. The van der Waals surface area contributed by atoms with Gasteiger partial charge in [0.15, 0.2) is 5.78 Å². The van der Waals surface area contributed by atoms with Crippen LogP contribution in [0.1, 0.15) is 31.8 Å². The lowest BCUT2D eigenvalue weighted by Gasteiger charge is -2.12. The number of carbonyl (C=O) groups excluding carboxylic acids is 1. The van der Waals surface area contributed by atoms with Crippen LogP contribution in [0.15, 0.2) is 76.1 Å². The van der Waals surface area contributed by atoms with E-state index in [4.69, 9.17) is 16.7 Å². The van der Waals surface area contributed by atoms with Crippen LogP contribution in [-0.4, -0.2) is 21.8 Å². The molecule has 0 unspecified atom stereocenters. The maximum absolute atomic E-state index is 13.4. The third-order valence-electron chi connectivity index (χ3n) is 4.49. The zero-order valence-electron chi connectivity index (χ0n) is 16.6. The Hall–Kier alpha value is -2.21. The van der Waals surface area contributed by atoms with Crippen molar-refractivity contribution in [2.75, 3.05) is 0 Å². The topological polar surface area (TPSA) is 97.5 Å². The maximum atomic E-state index is 13.4. The summed E-state index contributed by atoms with van der Waals surface area (Å²) >= 11 is 12.6. The van der Waals surface area contributed by atoms with Gasteiger partial charge in [-0.3, -0.25) is 14.9 Å². The fraction of sp³-hybridized carbons (Fsp3) is 0.0435. The van der Waals surface area contributed by atoms with Gasteiger partial charge in [0.25, 0.3) is 5.69 Å². The van der Waals surface area contributed by atoms with Crippen molar-refractivity contribution in [3.8, 4) is 0 Å². The predicted molar refractivity (Wildman–Crippen MR) is 142 cm³/mol. The molecule has 0 atom stereocenters. The zero-order chi connectivity index (χ0) is 24.1. The van der Waals surface area contributed by atoms with E-state index in [0.29, 0.717) is 25.4 Å². The fourth-order valence-corrected chi connectivity index (χ4v) is 5.28. The Morgan fingerprint density at radius 1 is 1.00 bits per heavy atom. The average molecular weight is 659 g/mol. The molecule has 3 rings (SSSR count). The van der Waals surface area contributed by atoms with E-state index in [2.05, 4.69) is 15.9 Å². The zero-order valence-corrected chi connectivity index (χ0v) is 21.9. The number of ketones is 1. The first kappa shape index (κ1) is 25.4. The van der Waals surface area contributed by atoms with Gasteiger partial charge in [-0.1, -0.05) is 57.9 Å². The van der Waals surface area contributed by atoms with Crippen LogP contribution < -0.4 is 0 Å². The molecule has 3 aromatic carbocycles. The van der Waals surface area contributed by atoms with E-state index < -0.39 is 10.9 Å². The lowest BCUT2D eigenvalue weighted by molar-refractivity contribution is -0.384. The van der Waals surface area contributed by atoms with Crippen LogP contribution in [0.25, 0.3) is 3.58 Å². The van der Waals surface area contributed by atoms with Crippen LogP contribution in [0.2, 0.25) is 5.02 Å². The number of carboxylic acids is 1. The lowest BCUT2D eigenvalue weighted by Crippen LogP contribution is -2.05. The average Bonchev–Trinajstić information content (AvgIpc) is 2.80. The van der Waals surface area contributed by atoms with E-state index in [1.165, 1.54) is 48.2 Å². The van der Waals surface area contributed by atoms with Crippen LogP contribution >= 0.6 is 61.9 Å². The molecule has 0 saturated heterocycles. The molecule has 0 heterocycles. The number of nitro groups is 1. The number of carbonyl (C=O) groups is 2. The second kappa shape index (κ2) is 11.3. The summed E-state index contributed by atoms with van der Waals surface area (Å²) in [6.07, 6.45) is 0. The summed E-state index contributed by atoms with van der Waals surface area (Å²) in [5.74, 6) is -0.905. The van der Waals surface area contributed by atoms with Crippen molar-refractivity contribution >= 4 is 82.9 Å². The van der Waals surface area contributed by atoms with Crippen molar-refractivity contribution in [1.29, 1.82) is 0 Å². The van der Waals surface area contributed by atoms with Crippen molar-refractivity contribution in [3.05, 3.63) is 113 Å². The number of aromatic carboxylic acids is 1. The molecule has 168 valence electrons. The number of allylic oxidation sites excluding steroid dienone is 1. The van der Waals surface area contributed by atoms with E-state index in [-0.39, 0.29) is 22.1 Å². The van der Waals surface area contributed by atoms with Crippen molar-refractivity contribution < 1.29 is 19.6 Å². The lowest BCUT2D eigenvalue weighted by atomic mass is 10.1. The number of nitrogens with zero attached hydrogens (tertiary/aromatic N) is 1. The minimum absolute atomic E-state index is 0.00704. The summed E-state index contributed by atoms with van der Waals surface area (Å²) in [7, 11) is 0. The number of Topliss-reactive ketones (excluding diaryl/α,β-unsaturated/α-hetero) is 1. The molecular formula is C23H14BrClINO5S. The van der Waals surface area contributed by atoms with Crippen molar-refractivity contribution in [2.45, 2.75) is 5.75 Å². The third kappa shape index (κ3) is 6.44. The molecule has 10 heteroatoms. The molecule has 0 aromatic heterocycles. The van der Waals surface area contributed by atoms with Crippen molar-refractivity contribution in [3.63, 3.8) is 0 Å². The molecule has 0 radical (unpaired) electrons. The van der Waals surface area contributed by atoms with Gasteiger partial charge in [0.2, 0.25) is 0 Å². The highest BCUT2D eigenvalue weighted by atomic mass is 127.